The summed E-state index contributed by atoms with van der Waals surface area (Å²) in [6.07, 6.45) is 0. The quantitative estimate of drug-likeness (QED) is 0.804. The van der Waals surface area contributed by atoms with Gasteiger partial charge in [0, 0.05) is 17.1 Å². The third kappa shape index (κ3) is 5.28. The Kier molecular flexibility index (Phi) is 6.51. The number of ether oxygens (including phenoxy) is 1. The molecule has 3 heteroatoms. The van der Waals surface area contributed by atoms with Crippen molar-refractivity contribution in [2.45, 2.75) is 34.2 Å². The lowest BCUT2D eigenvalue weighted by Gasteiger charge is -2.15. The minimum Gasteiger partial charge on any atom is -0.493 e. The van der Waals surface area contributed by atoms with E-state index in [-0.39, 0.29) is 0 Å². The molecule has 2 nitrogen and oxygen atoms in total. The standard InChI is InChI=1S/C15H24ClNO/c1-11(2)8-17-9-13-14(16)6-5-7-15(13)18-10-12(3)4/h5-7,11-12,17H,8-10H2,1-4H3. The van der Waals surface area contributed by atoms with Crippen molar-refractivity contribution in [2.75, 3.05) is 13.2 Å². The largest absolute Gasteiger partial charge is 0.493 e. The molecule has 0 spiro atoms. The van der Waals surface area contributed by atoms with Crippen molar-refractivity contribution in [1.29, 1.82) is 0 Å². The first-order valence-corrected chi connectivity index (χ1v) is 6.99. The van der Waals surface area contributed by atoms with Crippen LogP contribution in [0.3, 0.4) is 0 Å². The average molecular weight is 270 g/mol. The molecule has 0 bridgehead atoms. The molecule has 0 aliphatic carbocycles. The summed E-state index contributed by atoms with van der Waals surface area (Å²) in [5.74, 6) is 2.04. The molecule has 18 heavy (non-hydrogen) atoms. The van der Waals surface area contributed by atoms with Gasteiger partial charge in [0.1, 0.15) is 5.75 Å². The third-order valence-electron chi connectivity index (χ3n) is 2.50. The molecule has 1 aromatic carbocycles. The Morgan fingerprint density at radius 2 is 1.89 bits per heavy atom. The molecule has 1 aromatic rings. The molecule has 0 saturated carbocycles. The van der Waals surface area contributed by atoms with E-state index >= 15 is 0 Å². The minimum absolute atomic E-state index is 0.514. The zero-order chi connectivity index (χ0) is 13.5. The molecule has 102 valence electrons. The Morgan fingerprint density at radius 1 is 1.17 bits per heavy atom. The Balaban J connectivity index is 2.67. The highest BCUT2D eigenvalue weighted by molar-refractivity contribution is 6.31. The van der Waals surface area contributed by atoms with Crippen LogP contribution in [0.2, 0.25) is 5.02 Å². The topological polar surface area (TPSA) is 21.3 Å². The maximum Gasteiger partial charge on any atom is 0.125 e. The molecule has 0 saturated heterocycles. The van der Waals surface area contributed by atoms with E-state index in [2.05, 4.69) is 33.0 Å². The van der Waals surface area contributed by atoms with Crippen molar-refractivity contribution >= 4 is 11.6 Å². The summed E-state index contributed by atoms with van der Waals surface area (Å²) in [5, 5.41) is 4.18. The van der Waals surface area contributed by atoms with E-state index in [4.69, 9.17) is 16.3 Å². The number of benzene rings is 1. The molecule has 0 heterocycles. The number of rotatable bonds is 7. The lowest BCUT2D eigenvalue weighted by Crippen LogP contribution is -2.20. The summed E-state index contributed by atoms with van der Waals surface area (Å²) >= 11 is 6.24. The molecule has 0 radical (unpaired) electrons. The molecular formula is C15H24ClNO. The van der Waals surface area contributed by atoms with Gasteiger partial charge in [-0.05, 0) is 30.5 Å². The predicted molar refractivity (Wildman–Crippen MR) is 78.3 cm³/mol. The second-order valence-corrected chi connectivity index (χ2v) is 5.85. The number of hydrogen-bond donors (Lipinski definition) is 1. The molecule has 0 unspecified atom stereocenters. The fourth-order valence-corrected chi connectivity index (χ4v) is 1.82. The molecule has 1 N–H and O–H groups in total. The van der Waals surface area contributed by atoms with Gasteiger partial charge in [-0.3, -0.25) is 0 Å². The van der Waals surface area contributed by atoms with Crippen LogP contribution >= 0.6 is 11.6 Å². The zero-order valence-corrected chi connectivity index (χ0v) is 12.6. The van der Waals surface area contributed by atoms with Gasteiger partial charge in [-0.2, -0.15) is 0 Å². The summed E-state index contributed by atoms with van der Waals surface area (Å²) in [6, 6.07) is 5.83. The van der Waals surface area contributed by atoms with Gasteiger partial charge in [-0.1, -0.05) is 45.4 Å². The monoisotopic (exact) mass is 269 g/mol. The molecule has 0 aliphatic rings. The molecule has 0 atom stereocenters. The van der Waals surface area contributed by atoms with E-state index in [9.17, 15) is 0 Å². The SMILES string of the molecule is CC(C)CNCc1c(Cl)cccc1OCC(C)C. The third-order valence-corrected chi connectivity index (χ3v) is 2.86. The Labute approximate surface area is 116 Å². The Bertz CT molecular complexity index is 364. The van der Waals surface area contributed by atoms with E-state index in [1.807, 2.05) is 18.2 Å². The van der Waals surface area contributed by atoms with E-state index in [1.165, 1.54) is 0 Å². The predicted octanol–water partition coefficient (Wildman–Crippen LogP) is 4.12. The van der Waals surface area contributed by atoms with Crippen LogP contribution < -0.4 is 10.1 Å². The molecule has 0 aliphatic heterocycles. The molecule has 0 aromatic heterocycles. The second kappa shape index (κ2) is 7.65. The maximum atomic E-state index is 6.24. The Hall–Kier alpha value is -0.730. The Morgan fingerprint density at radius 3 is 2.50 bits per heavy atom. The lowest BCUT2D eigenvalue weighted by atomic mass is 10.1. The normalized spacial score (nSPS) is 11.3. The van der Waals surface area contributed by atoms with Gasteiger partial charge < -0.3 is 10.1 Å². The van der Waals surface area contributed by atoms with Crippen LogP contribution in [0.5, 0.6) is 5.75 Å². The van der Waals surface area contributed by atoms with E-state index < -0.39 is 0 Å². The van der Waals surface area contributed by atoms with Crippen LogP contribution in [-0.2, 0) is 6.54 Å². The lowest BCUT2D eigenvalue weighted by molar-refractivity contribution is 0.268. The zero-order valence-electron chi connectivity index (χ0n) is 11.8. The summed E-state index contributed by atoms with van der Waals surface area (Å²) in [7, 11) is 0. The highest BCUT2D eigenvalue weighted by Crippen LogP contribution is 2.26. The van der Waals surface area contributed by atoms with Gasteiger partial charge in [-0.25, -0.2) is 0 Å². The van der Waals surface area contributed by atoms with Crippen LogP contribution in [0.25, 0.3) is 0 Å². The molecule has 0 fully saturated rings. The van der Waals surface area contributed by atoms with Crippen LogP contribution in [-0.4, -0.2) is 13.2 Å². The van der Waals surface area contributed by atoms with Crippen molar-refractivity contribution in [3.05, 3.63) is 28.8 Å². The summed E-state index contributed by atoms with van der Waals surface area (Å²) in [6.45, 7) is 11.1. The van der Waals surface area contributed by atoms with Crippen molar-refractivity contribution < 1.29 is 4.74 Å². The van der Waals surface area contributed by atoms with E-state index in [0.29, 0.717) is 11.8 Å². The maximum absolute atomic E-state index is 6.24. The van der Waals surface area contributed by atoms with Crippen LogP contribution in [0.15, 0.2) is 18.2 Å². The van der Waals surface area contributed by atoms with Gasteiger partial charge in [-0.15, -0.1) is 0 Å². The first kappa shape index (κ1) is 15.3. The number of nitrogens with one attached hydrogen (secondary N) is 1. The van der Waals surface area contributed by atoms with Gasteiger partial charge in [0.2, 0.25) is 0 Å². The molecule has 1 rings (SSSR count). The summed E-state index contributed by atoms with van der Waals surface area (Å²) in [4.78, 5) is 0. The first-order chi connectivity index (χ1) is 8.50. The first-order valence-electron chi connectivity index (χ1n) is 6.61. The number of halogens is 1. The molecular weight excluding hydrogens is 246 g/mol. The smallest absolute Gasteiger partial charge is 0.125 e. The second-order valence-electron chi connectivity index (χ2n) is 5.45. The van der Waals surface area contributed by atoms with Crippen molar-refractivity contribution in [1.82, 2.24) is 5.32 Å². The van der Waals surface area contributed by atoms with E-state index in [1.54, 1.807) is 0 Å². The van der Waals surface area contributed by atoms with Crippen LogP contribution in [0, 0.1) is 11.8 Å². The van der Waals surface area contributed by atoms with Crippen LogP contribution in [0.4, 0.5) is 0 Å². The fraction of sp³-hybridized carbons (Fsp3) is 0.600. The van der Waals surface area contributed by atoms with Crippen molar-refractivity contribution in [3.63, 3.8) is 0 Å². The number of hydrogen-bond acceptors (Lipinski definition) is 2. The highest BCUT2D eigenvalue weighted by atomic mass is 35.5. The van der Waals surface area contributed by atoms with Gasteiger partial charge >= 0.3 is 0 Å². The average Bonchev–Trinajstić information content (AvgIpc) is 2.28. The van der Waals surface area contributed by atoms with Crippen molar-refractivity contribution in [3.8, 4) is 5.75 Å². The van der Waals surface area contributed by atoms with Gasteiger partial charge in [0.05, 0.1) is 6.61 Å². The van der Waals surface area contributed by atoms with Gasteiger partial charge in [0.25, 0.3) is 0 Å². The van der Waals surface area contributed by atoms with E-state index in [0.717, 1.165) is 36.0 Å². The highest BCUT2D eigenvalue weighted by Gasteiger charge is 2.09. The fourth-order valence-electron chi connectivity index (χ4n) is 1.59. The van der Waals surface area contributed by atoms with Gasteiger partial charge in [0.15, 0.2) is 0 Å². The summed E-state index contributed by atoms with van der Waals surface area (Å²) in [5.41, 5.74) is 1.06. The minimum atomic E-state index is 0.514. The van der Waals surface area contributed by atoms with Crippen LogP contribution in [0.1, 0.15) is 33.3 Å². The van der Waals surface area contributed by atoms with Crippen molar-refractivity contribution in [2.24, 2.45) is 11.8 Å². The summed E-state index contributed by atoms with van der Waals surface area (Å²) < 4.78 is 5.81. The molecule has 0 amide bonds.